The first kappa shape index (κ1) is 9.47. The summed E-state index contributed by atoms with van der Waals surface area (Å²) in [5.74, 6) is 0.951. The lowest BCUT2D eigenvalue weighted by molar-refractivity contribution is 0.0719. The molecule has 2 aliphatic rings. The SMILES string of the molecule is CNC1(C)C2CCC(C2O)C1(C)C. The fourth-order valence-electron chi connectivity index (χ4n) is 3.77. The van der Waals surface area contributed by atoms with Crippen LogP contribution in [0.3, 0.4) is 0 Å². The largest absolute Gasteiger partial charge is 0.392 e. The first-order chi connectivity index (χ1) is 5.95. The summed E-state index contributed by atoms with van der Waals surface area (Å²) in [6.07, 6.45) is 2.32. The molecule has 0 radical (unpaired) electrons. The molecular weight excluding hydrogens is 162 g/mol. The number of nitrogens with one attached hydrogen (secondary N) is 1. The summed E-state index contributed by atoms with van der Waals surface area (Å²) in [6, 6.07) is 0. The van der Waals surface area contributed by atoms with E-state index in [4.69, 9.17) is 0 Å². The molecule has 2 saturated carbocycles. The van der Waals surface area contributed by atoms with Crippen LogP contribution < -0.4 is 5.32 Å². The lowest BCUT2D eigenvalue weighted by Gasteiger charge is -2.47. The molecule has 2 rings (SSSR count). The van der Waals surface area contributed by atoms with Gasteiger partial charge in [-0.05, 0) is 38.1 Å². The molecule has 0 saturated heterocycles. The third-order valence-electron chi connectivity index (χ3n) is 5.14. The van der Waals surface area contributed by atoms with Crippen molar-refractivity contribution in [3.63, 3.8) is 0 Å². The van der Waals surface area contributed by atoms with Gasteiger partial charge in [0.2, 0.25) is 0 Å². The van der Waals surface area contributed by atoms with Crippen LogP contribution in [-0.2, 0) is 0 Å². The average molecular weight is 183 g/mol. The Balaban J connectivity index is 2.40. The normalized spacial score (nSPS) is 52.8. The molecule has 2 nitrogen and oxygen atoms in total. The Hall–Kier alpha value is -0.0800. The van der Waals surface area contributed by atoms with Gasteiger partial charge < -0.3 is 10.4 Å². The van der Waals surface area contributed by atoms with E-state index in [-0.39, 0.29) is 17.1 Å². The highest BCUT2D eigenvalue weighted by Crippen LogP contribution is 2.60. The van der Waals surface area contributed by atoms with Crippen molar-refractivity contribution >= 4 is 0 Å². The van der Waals surface area contributed by atoms with E-state index >= 15 is 0 Å². The molecule has 0 heterocycles. The van der Waals surface area contributed by atoms with Gasteiger partial charge in [-0.2, -0.15) is 0 Å². The number of rotatable bonds is 1. The van der Waals surface area contributed by atoms with Crippen LogP contribution in [0.2, 0.25) is 0 Å². The number of fused-ring (bicyclic) bond motifs is 2. The Morgan fingerprint density at radius 3 is 2.00 bits per heavy atom. The van der Waals surface area contributed by atoms with Crippen LogP contribution in [0.25, 0.3) is 0 Å². The molecule has 0 amide bonds. The molecule has 2 fully saturated rings. The molecule has 0 aromatic heterocycles. The molecule has 0 aliphatic heterocycles. The first-order valence-corrected chi connectivity index (χ1v) is 5.32. The highest BCUT2D eigenvalue weighted by molar-refractivity contribution is 5.17. The number of hydrogen-bond donors (Lipinski definition) is 2. The van der Waals surface area contributed by atoms with Crippen LogP contribution >= 0.6 is 0 Å². The van der Waals surface area contributed by atoms with E-state index in [2.05, 4.69) is 26.1 Å². The van der Waals surface area contributed by atoms with Crippen LogP contribution in [-0.4, -0.2) is 23.8 Å². The molecular formula is C11H21NO. The van der Waals surface area contributed by atoms with E-state index in [1.807, 2.05) is 7.05 Å². The van der Waals surface area contributed by atoms with Crippen molar-refractivity contribution in [1.82, 2.24) is 5.32 Å². The van der Waals surface area contributed by atoms with E-state index in [1.54, 1.807) is 0 Å². The molecule has 2 heteroatoms. The summed E-state index contributed by atoms with van der Waals surface area (Å²) < 4.78 is 0. The predicted octanol–water partition coefficient (Wildman–Crippen LogP) is 1.39. The Morgan fingerprint density at radius 1 is 1.15 bits per heavy atom. The van der Waals surface area contributed by atoms with Crippen molar-refractivity contribution in [3.05, 3.63) is 0 Å². The van der Waals surface area contributed by atoms with Crippen molar-refractivity contribution in [1.29, 1.82) is 0 Å². The molecule has 76 valence electrons. The maximum absolute atomic E-state index is 10.1. The summed E-state index contributed by atoms with van der Waals surface area (Å²) in [4.78, 5) is 0. The lowest BCUT2D eigenvalue weighted by Crippen LogP contribution is -2.56. The summed E-state index contributed by atoms with van der Waals surface area (Å²) in [6.45, 7) is 6.84. The van der Waals surface area contributed by atoms with Crippen molar-refractivity contribution in [2.75, 3.05) is 7.05 Å². The van der Waals surface area contributed by atoms with Crippen molar-refractivity contribution in [2.24, 2.45) is 17.3 Å². The second-order valence-electron chi connectivity index (χ2n) is 5.45. The predicted molar refractivity (Wildman–Crippen MR) is 53.5 cm³/mol. The van der Waals surface area contributed by atoms with Crippen LogP contribution in [0.4, 0.5) is 0 Å². The summed E-state index contributed by atoms with van der Waals surface area (Å²) >= 11 is 0. The fourth-order valence-corrected chi connectivity index (χ4v) is 3.77. The highest BCUT2D eigenvalue weighted by atomic mass is 16.3. The zero-order valence-corrected chi connectivity index (χ0v) is 9.09. The smallest absolute Gasteiger partial charge is 0.0620 e. The van der Waals surface area contributed by atoms with Crippen LogP contribution in [0.15, 0.2) is 0 Å². The molecule has 4 atom stereocenters. The van der Waals surface area contributed by atoms with Gasteiger partial charge in [-0.25, -0.2) is 0 Å². The summed E-state index contributed by atoms with van der Waals surface area (Å²) in [5, 5.41) is 13.5. The highest BCUT2D eigenvalue weighted by Gasteiger charge is 2.64. The van der Waals surface area contributed by atoms with Gasteiger partial charge in [0.15, 0.2) is 0 Å². The molecule has 2 aliphatic carbocycles. The maximum Gasteiger partial charge on any atom is 0.0620 e. The topological polar surface area (TPSA) is 32.3 Å². The monoisotopic (exact) mass is 183 g/mol. The van der Waals surface area contributed by atoms with E-state index in [0.717, 1.165) is 0 Å². The zero-order chi connectivity index (χ0) is 9.85. The summed E-state index contributed by atoms with van der Waals surface area (Å²) in [5.41, 5.74) is 0.347. The quantitative estimate of drug-likeness (QED) is 0.644. The number of aliphatic hydroxyl groups is 1. The Kier molecular flexibility index (Phi) is 1.81. The number of aliphatic hydroxyl groups excluding tert-OH is 1. The van der Waals surface area contributed by atoms with Crippen LogP contribution in [0.1, 0.15) is 33.6 Å². The second-order valence-corrected chi connectivity index (χ2v) is 5.45. The average Bonchev–Trinajstić information content (AvgIpc) is 2.50. The lowest BCUT2D eigenvalue weighted by atomic mass is 9.64. The minimum Gasteiger partial charge on any atom is -0.392 e. The fraction of sp³-hybridized carbons (Fsp3) is 1.00. The third-order valence-corrected chi connectivity index (χ3v) is 5.14. The van der Waals surface area contributed by atoms with Gasteiger partial charge in [0.05, 0.1) is 6.10 Å². The first-order valence-electron chi connectivity index (χ1n) is 5.32. The molecule has 13 heavy (non-hydrogen) atoms. The molecule has 0 aromatic rings. The van der Waals surface area contributed by atoms with E-state index in [0.29, 0.717) is 11.8 Å². The van der Waals surface area contributed by atoms with Crippen LogP contribution in [0, 0.1) is 17.3 Å². The van der Waals surface area contributed by atoms with Gasteiger partial charge in [-0.15, -0.1) is 0 Å². The Morgan fingerprint density at radius 2 is 1.69 bits per heavy atom. The van der Waals surface area contributed by atoms with Crippen molar-refractivity contribution in [2.45, 2.75) is 45.3 Å². The standard InChI is InChI=1S/C11H21NO/c1-10(2)7-5-6-8(9(7)13)11(10,3)12-4/h7-9,12-13H,5-6H2,1-4H3. The van der Waals surface area contributed by atoms with Crippen molar-refractivity contribution in [3.8, 4) is 0 Å². The van der Waals surface area contributed by atoms with Gasteiger partial charge in [0.25, 0.3) is 0 Å². The second kappa shape index (κ2) is 2.48. The third kappa shape index (κ3) is 0.861. The molecule has 4 unspecified atom stereocenters. The summed E-state index contributed by atoms with van der Waals surface area (Å²) in [7, 11) is 2.02. The minimum absolute atomic E-state index is 0.0764. The van der Waals surface area contributed by atoms with Gasteiger partial charge in [0, 0.05) is 11.5 Å². The molecule has 0 aromatic carbocycles. The van der Waals surface area contributed by atoms with E-state index < -0.39 is 0 Å². The van der Waals surface area contributed by atoms with Gasteiger partial charge >= 0.3 is 0 Å². The van der Waals surface area contributed by atoms with Crippen LogP contribution in [0.5, 0.6) is 0 Å². The molecule has 0 spiro atoms. The Labute approximate surface area is 80.7 Å². The minimum atomic E-state index is -0.0764. The van der Waals surface area contributed by atoms with Gasteiger partial charge in [-0.3, -0.25) is 0 Å². The van der Waals surface area contributed by atoms with Gasteiger partial charge in [-0.1, -0.05) is 13.8 Å². The van der Waals surface area contributed by atoms with Crippen molar-refractivity contribution < 1.29 is 5.11 Å². The van der Waals surface area contributed by atoms with Gasteiger partial charge in [0.1, 0.15) is 0 Å². The molecule has 2 N–H and O–H groups in total. The van der Waals surface area contributed by atoms with E-state index in [1.165, 1.54) is 12.8 Å². The zero-order valence-electron chi connectivity index (χ0n) is 9.09. The Bertz CT molecular complexity index is 226. The molecule has 2 bridgehead atoms. The number of hydrogen-bond acceptors (Lipinski definition) is 2. The van der Waals surface area contributed by atoms with E-state index in [9.17, 15) is 5.11 Å². The maximum atomic E-state index is 10.1.